The zero-order chi connectivity index (χ0) is 18.6. The third-order valence-corrected chi connectivity index (χ3v) is 3.53. The molecular weight excluding hydrogens is 322 g/mol. The highest BCUT2D eigenvalue weighted by molar-refractivity contribution is 6.02. The summed E-state index contributed by atoms with van der Waals surface area (Å²) >= 11 is 0. The number of anilines is 1. The molecule has 0 unspecified atom stereocenters. The fourth-order valence-corrected chi connectivity index (χ4v) is 2.29. The van der Waals surface area contributed by atoms with Gasteiger partial charge in [0.25, 0.3) is 5.56 Å². The van der Waals surface area contributed by atoms with Gasteiger partial charge in [-0.2, -0.15) is 0 Å². The summed E-state index contributed by atoms with van der Waals surface area (Å²) < 4.78 is 8.02. The maximum atomic E-state index is 12.6. The Balaban J connectivity index is 2.24. The normalized spacial score (nSPS) is 11.1. The van der Waals surface area contributed by atoms with Crippen molar-refractivity contribution in [2.45, 2.75) is 26.9 Å². The zero-order valence-electron chi connectivity index (χ0n) is 14.6. The van der Waals surface area contributed by atoms with Crippen LogP contribution in [0, 0.1) is 6.92 Å². The van der Waals surface area contributed by atoms with E-state index in [1.54, 1.807) is 44.6 Å². The van der Waals surface area contributed by atoms with Crippen LogP contribution in [-0.4, -0.2) is 27.3 Å². The van der Waals surface area contributed by atoms with Crippen LogP contribution in [0.1, 0.15) is 19.5 Å². The van der Waals surface area contributed by atoms with E-state index < -0.39 is 11.9 Å². The maximum absolute atomic E-state index is 12.6. The average molecular weight is 343 g/mol. The van der Waals surface area contributed by atoms with E-state index in [-0.39, 0.29) is 17.4 Å². The largest absolute Gasteiger partial charge is 0.460 e. The lowest BCUT2D eigenvalue weighted by Crippen LogP contribution is -2.22. The molecule has 0 saturated carbocycles. The zero-order valence-corrected chi connectivity index (χ0v) is 14.6. The van der Waals surface area contributed by atoms with Crippen molar-refractivity contribution >= 4 is 17.6 Å². The van der Waals surface area contributed by atoms with Gasteiger partial charge in [-0.1, -0.05) is 18.2 Å². The minimum Gasteiger partial charge on any atom is -0.460 e. The van der Waals surface area contributed by atoms with E-state index >= 15 is 0 Å². The van der Waals surface area contributed by atoms with Crippen molar-refractivity contribution in [1.29, 1.82) is 0 Å². The van der Waals surface area contributed by atoms with Crippen LogP contribution in [0.4, 0.5) is 5.69 Å². The third kappa shape index (κ3) is 4.26. The van der Waals surface area contributed by atoms with E-state index in [0.29, 0.717) is 11.4 Å². The van der Waals surface area contributed by atoms with E-state index in [4.69, 9.17) is 4.74 Å². The number of hydrogen-bond donors (Lipinski definition) is 1. The smallest absolute Gasteiger partial charge is 0.331 e. The molecule has 0 spiro atoms. The van der Waals surface area contributed by atoms with Crippen molar-refractivity contribution in [3.63, 3.8) is 0 Å². The quantitative estimate of drug-likeness (QED) is 0.664. The molecule has 1 amide bonds. The molecule has 2 rings (SSSR count). The topological polar surface area (TPSA) is 82.3 Å². The average Bonchev–Trinajstić information content (AvgIpc) is 2.77. The first-order valence-corrected chi connectivity index (χ1v) is 7.85. The summed E-state index contributed by atoms with van der Waals surface area (Å²) in [5.41, 5.74) is 1.10. The van der Waals surface area contributed by atoms with Crippen molar-refractivity contribution in [1.82, 2.24) is 9.36 Å². The maximum Gasteiger partial charge on any atom is 0.331 e. The first-order valence-electron chi connectivity index (χ1n) is 7.85. The van der Waals surface area contributed by atoms with Gasteiger partial charge in [-0.05, 0) is 32.9 Å². The van der Waals surface area contributed by atoms with Crippen LogP contribution in [0.3, 0.4) is 0 Å². The van der Waals surface area contributed by atoms with Gasteiger partial charge in [0.1, 0.15) is 5.69 Å². The molecule has 0 bridgehead atoms. The fourth-order valence-electron chi connectivity index (χ4n) is 2.29. The number of nitrogens with zero attached hydrogens (tertiary/aromatic N) is 2. The summed E-state index contributed by atoms with van der Waals surface area (Å²) in [6, 6.07) is 9.10. The standard InChI is InChI=1S/C18H21N3O4/c1-12(2)25-16(23)11-10-15(22)19-17-13(3)20(4)21(18(17)24)14-8-6-5-7-9-14/h5-12H,1-4H3,(H,19,22)/b11-10+. The van der Waals surface area contributed by atoms with Crippen LogP contribution < -0.4 is 10.9 Å². The molecular formula is C18H21N3O4. The molecule has 1 N–H and O–H groups in total. The Morgan fingerprint density at radius 3 is 2.40 bits per heavy atom. The molecule has 0 aliphatic carbocycles. The van der Waals surface area contributed by atoms with E-state index in [9.17, 15) is 14.4 Å². The van der Waals surface area contributed by atoms with Gasteiger partial charge in [0.15, 0.2) is 0 Å². The number of ether oxygens (including phenoxy) is 1. The summed E-state index contributed by atoms with van der Waals surface area (Å²) in [4.78, 5) is 36.1. The predicted molar refractivity (Wildman–Crippen MR) is 94.7 cm³/mol. The summed E-state index contributed by atoms with van der Waals surface area (Å²) in [5, 5.41) is 2.53. The molecule has 7 nitrogen and oxygen atoms in total. The van der Waals surface area contributed by atoms with Crippen molar-refractivity contribution in [2.24, 2.45) is 7.05 Å². The van der Waals surface area contributed by atoms with Gasteiger partial charge in [-0.3, -0.25) is 14.3 Å². The van der Waals surface area contributed by atoms with Crippen LogP contribution in [0.5, 0.6) is 0 Å². The summed E-state index contributed by atoms with van der Waals surface area (Å²) in [6.45, 7) is 5.16. The van der Waals surface area contributed by atoms with Crippen molar-refractivity contribution in [3.8, 4) is 5.69 Å². The third-order valence-electron chi connectivity index (χ3n) is 3.53. The lowest BCUT2D eigenvalue weighted by atomic mass is 10.3. The van der Waals surface area contributed by atoms with Crippen molar-refractivity contribution in [3.05, 3.63) is 58.5 Å². The minimum absolute atomic E-state index is 0.165. The Hall–Kier alpha value is -3.09. The van der Waals surface area contributed by atoms with E-state index in [1.807, 2.05) is 18.2 Å². The van der Waals surface area contributed by atoms with Crippen LogP contribution in [0.2, 0.25) is 0 Å². The number of hydrogen-bond acceptors (Lipinski definition) is 4. The summed E-state index contributed by atoms with van der Waals surface area (Å²) in [5.74, 6) is -1.19. The van der Waals surface area contributed by atoms with Crippen LogP contribution in [0.25, 0.3) is 5.69 Å². The van der Waals surface area contributed by atoms with E-state index in [2.05, 4.69) is 5.32 Å². The second-order valence-corrected chi connectivity index (χ2v) is 5.74. The first kappa shape index (κ1) is 18.3. The number of carbonyl (C=O) groups excluding carboxylic acids is 2. The number of rotatable bonds is 5. The predicted octanol–water partition coefficient (Wildman–Crippen LogP) is 1.93. The minimum atomic E-state index is -0.614. The van der Waals surface area contributed by atoms with Crippen LogP contribution in [0.15, 0.2) is 47.3 Å². The Bertz CT molecular complexity index is 860. The first-order chi connectivity index (χ1) is 11.8. The molecule has 0 atom stereocenters. The van der Waals surface area contributed by atoms with Gasteiger partial charge in [0, 0.05) is 19.2 Å². The van der Waals surface area contributed by atoms with Gasteiger partial charge < -0.3 is 10.1 Å². The lowest BCUT2D eigenvalue weighted by Gasteiger charge is -2.07. The Kier molecular flexibility index (Phi) is 5.59. The SMILES string of the molecule is Cc1c(NC(=O)/C=C/C(=O)OC(C)C)c(=O)n(-c2ccccc2)n1C. The Morgan fingerprint density at radius 1 is 1.16 bits per heavy atom. The van der Waals surface area contributed by atoms with Crippen LogP contribution in [-0.2, 0) is 21.4 Å². The highest BCUT2D eigenvalue weighted by Crippen LogP contribution is 2.13. The molecule has 25 heavy (non-hydrogen) atoms. The van der Waals surface area contributed by atoms with E-state index in [0.717, 1.165) is 12.2 Å². The molecule has 1 aromatic heterocycles. The summed E-state index contributed by atoms with van der Waals surface area (Å²) in [7, 11) is 1.73. The fraction of sp³-hybridized carbons (Fsp3) is 0.278. The molecule has 132 valence electrons. The molecule has 0 radical (unpaired) electrons. The molecule has 0 saturated heterocycles. The lowest BCUT2D eigenvalue weighted by molar-refractivity contribution is -0.141. The Labute approximate surface area is 145 Å². The van der Waals surface area contributed by atoms with Gasteiger partial charge >= 0.3 is 5.97 Å². The number of benzene rings is 1. The Morgan fingerprint density at radius 2 is 1.80 bits per heavy atom. The molecule has 1 aromatic carbocycles. The molecule has 0 aliphatic heterocycles. The highest BCUT2D eigenvalue weighted by atomic mass is 16.5. The number of esters is 1. The molecule has 2 aromatic rings. The highest BCUT2D eigenvalue weighted by Gasteiger charge is 2.17. The number of amides is 1. The molecule has 1 heterocycles. The van der Waals surface area contributed by atoms with Gasteiger partial charge in [-0.25, -0.2) is 9.48 Å². The molecule has 0 aliphatic rings. The monoisotopic (exact) mass is 343 g/mol. The van der Waals surface area contributed by atoms with Gasteiger partial charge in [-0.15, -0.1) is 0 Å². The summed E-state index contributed by atoms with van der Waals surface area (Å²) in [6.07, 6.45) is 1.81. The van der Waals surface area contributed by atoms with E-state index in [1.165, 1.54) is 4.68 Å². The number of para-hydroxylation sites is 1. The van der Waals surface area contributed by atoms with Crippen molar-refractivity contribution < 1.29 is 14.3 Å². The number of aromatic nitrogens is 2. The van der Waals surface area contributed by atoms with Crippen molar-refractivity contribution in [2.75, 3.05) is 5.32 Å². The molecule has 7 heteroatoms. The number of carbonyl (C=O) groups is 2. The second kappa shape index (κ2) is 7.65. The van der Waals surface area contributed by atoms with Gasteiger partial charge in [0.2, 0.25) is 5.91 Å². The molecule has 0 fully saturated rings. The second-order valence-electron chi connectivity index (χ2n) is 5.74. The van der Waals surface area contributed by atoms with Gasteiger partial charge in [0.05, 0.1) is 17.5 Å². The van der Waals surface area contributed by atoms with Crippen LogP contribution >= 0.6 is 0 Å². The number of nitrogens with one attached hydrogen (secondary N) is 1.